The Morgan fingerprint density at radius 1 is 1.26 bits per heavy atom. The molecular weight excluding hydrogens is 332 g/mol. The number of anilines is 1. The molecule has 8 heteroatoms. The SMILES string of the molecule is Nc1ncn(Cc2c(Br)ccnc2Cl)c2ncnc1-2. The van der Waals surface area contributed by atoms with E-state index in [9.17, 15) is 0 Å². The first kappa shape index (κ1) is 12.3. The van der Waals surface area contributed by atoms with Crippen LogP contribution in [-0.2, 0) is 6.54 Å². The second-order valence-corrected chi connectivity index (χ2v) is 5.08. The van der Waals surface area contributed by atoms with Gasteiger partial charge in [0.2, 0.25) is 0 Å². The number of rotatable bonds is 2. The third-order valence-electron chi connectivity index (χ3n) is 2.70. The summed E-state index contributed by atoms with van der Waals surface area (Å²) in [6.07, 6.45) is 4.71. The summed E-state index contributed by atoms with van der Waals surface area (Å²) in [5.74, 6) is 1.03. The standard InChI is InChI=1S/C11H8BrClN6/c12-7-1-2-15-9(13)6(7)3-19-5-18-10(14)8-11(19)17-4-16-8/h1-2,4-5H,3,14H2. The summed E-state index contributed by atoms with van der Waals surface area (Å²) >= 11 is 9.56. The molecule has 6 nitrogen and oxygen atoms in total. The highest BCUT2D eigenvalue weighted by Gasteiger charge is 2.16. The molecule has 3 rings (SSSR count). The molecule has 2 N–H and O–H groups in total. The Kier molecular flexibility index (Phi) is 3.08. The second kappa shape index (κ2) is 4.75. The van der Waals surface area contributed by atoms with Crippen LogP contribution in [0.5, 0.6) is 0 Å². The van der Waals surface area contributed by atoms with E-state index in [2.05, 4.69) is 35.9 Å². The van der Waals surface area contributed by atoms with Crippen LogP contribution in [0.25, 0.3) is 11.5 Å². The van der Waals surface area contributed by atoms with Crippen molar-refractivity contribution >= 4 is 33.3 Å². The Morgan fingerprint density at radius 2 is 2.11 bits per heavy atom. The van der Waals surface area contributed by atoms with Crippen molar-refractivity contribution < 1.29 is 0 Å². The molecule has 0 amide bonds. The minimum atomic E-state index is 0.361. The number of fused-ring (bicyclic) bond motifs is 1. The van der Waals surface area contributed by atoms with Gasteiger partial charge in [-0.2, -0.15) is 0 Å². The number of nitrogen functional groups attached to an aromatic ring is 1. The number of hydrogen-bond donors (Lipinski definition) is 1. The van der Waals surface area contributed by atoms with Crippen molar-refractivity contribution in [3.8, 4) is 11.5 Å². The molecule has 3 heterocycles. The minimum absolute atomic E-state index is 0.361. The molecule has 0 spiro atoms. The number of pyridine rings is 1. The predicted octanol–water partition coefficient (Wildman–Crippen LogP) is 2.22. The van der Waals surface area contributed by atoms with Gasteiger partial charge in [-0.25, -0.2) is 19.9 Å². The maximum absolute atomic E-state index is 6.10. The van der Waals surface area contributed by atoms with Gasteiger partial charge < -0.3 is 10.3 Å². The van der Waals surface area contributed by atoms with Crippen molar-refractivity contribution in [3.05, 3.63) is 40.1 Å². The third kappa shape index (κ3) is 2.15. The highest BCUT2D eigenvalue weighted by molar-refractivity contribution is 9.10. The maximum atomic E-state index is 6.10. The lowest BCUT2D eigenvalue weighted by molar-refractivity contribution is 0.757. The predicted molar refractivity (Wildman–Crippen MR) is 74.9 cm³/mol. The van der Waals surface area contributed by atoms with E-state index in [0.717, 1.165) is 10.0 Å². The van der Waals surface area contributed by atoms with Gasteiger partial charge in [0.05, 0.1) is 12.9 Å². The van der Waals surface area contributed by atoms with E-state index in [1.165, 1.54) is 6.33 Å². The molecule has 1 aromatic rings. The van der Waals surface area contributed by atoms with Crippen molar-refractivity contribution in [1.29, 1.82) is 0 Å². The van der Waals surface area contributed by atoms with Crippen molar-refractivity contribution in [1.82, 2.24) is 24.5 Å². The van der Waals surface area contributed by atoms with Crippen molar-refractivity contribution in [3.63, 3.8) is 0 Å². The number of halogens is 2. The minimum Gasteiger partial charge on any atom is -0.382 e. The summed E-state index contributed by atoms with van der Waals surface area (Å²) in [5, 5.41) is 0.436. The Balaban J connectivity index is 2.07. The lowest BCUT2D eigenvalue weighted by Crippen LogP contribution is -2.10. The molecule has 0 aliphatic carbocycles. The van der Waals surface area contributed by atoms with E-state index in [1.54, 1.807) is 12.5 Å². The Labute approximate surface area is 122 Å². The number of hydrogen-bond acceptors (Lipinski definition) is 5. The molecule has 0 saturated carbocycles. The Morgan fingerprint density at radius 3 is 2.89 bits per heavy atom. The van der Waals surface area contributed by atoms with Gasteiger partial charge >= 0.3 is 0 Å². The lowest BCUT2D eigenvalue weighted by Gasteiger charge is -2.13. The van der Waals surface area contributed by atoms with Crippen molar-refractivity contribution in [2.45, 2.75) is 6.54 Å². The van der Waals surface area contributed by atoms with Gasteiger partial charge in [-0.05, 0) is 6.07 Å². The van der Waals surface area contributed by atoms with Gasteiger partial charge in [-0.3, -0.25) is 0 Å². The average molecular weight is 340 g/mol. The van der Waals surface area contributed by atoms with Crippen molar-refractivity contribution in [2.75, 3.05) is 5.73 Å². The van der Waals surface area contributed by atoms with Gasteiger partial charge in [0.15, 0.2) is 11.6 Å². The Hall–Kier alpha value is -1.73. The summed E-state index contributed by atoms with van der Waals surface area (Å²) in [7, 11) is 0. The topological polar surface area (TPSA) is 82.5 Å². The third-order valence-corrected chi connectivity index (χ3v) is 3.77. The summed E-state index contributed by atoms with van der Waals surface area (Å²) in [6, 6.07) is 1.83. The van der Waals surface area contributed by atoms with Gasteiger partial charge in [0.25, 0.3) is 0 Å². The quantitative estimate of drug-likeness (QED) is 0.724. The van der Waals surface area contributed by atoms with E-state index in [4.69, 9.17) is 17.3 Å². The first-order chi connectivity index (χ1) is 9.16. The highest BCUT2D eigenvalue weighted by Crippen LogP contribution is 2.27. The van der Waals surface area contributed by atoms with E-state index in [0.29, 0.717) is 29.0 Å². The molecule has 0 fully saturated rings. The molecule has 0 radical (unpaired) electrons. The van der Waals surface area contributed by atoms with Gasteiger partial charge in [0.1, 0.15) is 17.2 Å². The highest BCUT2D eigenvalue weighted by atomic mass is 79.9. The monoisotopic (exact) mass is 338 g/mol. The smallest absolute Gasteiger partial charge is 0.165 e. The van der Waals surface area contributed by atoms with Crippen molar-refractivity contribution in [2.24, 2.45) is 0 Å². The van der Waals surface area contributed by atoms with Crippen LogP contribution in [0.2, 0.25) is 5.15 Å². The van der Waals surface area contributed by atoms with Gasteiger partial charge in [-0.1, -0.05) is 27.5 Å². The van der Waals surface area contributed by atoms with Crippen LogP contribution < -0.4 is 5.73 Å². The molecule has 1 aromatic heterocycles. The first-order valence-electron chi connectivity index (χ1n) is 5.37. The number of nitrogens with zero attached hydrogens (tertiary/aromatic N) is 5. The van der Waals surface area contributed by atoms with Crippen LogP contribution in [-0.4, -0.2) is 24.5 Å². The van der Waals surface area contributed by atoms with Crippen LogP contribution in [0, 0.1) is 0 Å². The van der Waals surface area contributed by atoms with E-state index >= 15 is 0 Å². The number of imidazole rings is 1. The van der Waals surface area contributed by atoms with Crippen LogP contribution in [0.15, 0.2) is 29.4 Å². The zero-order valence-electron chi connectivity index (χ0n) is 9.59. The molecule has 2 aliphatic heterocycles. The molecule has 0 atom stereocenters. The fourth-order valence-electron chi connectivity index (χ4n) is 1.77. The van der Waals surface area contributed by atoms with E-state index < -0.39 is 0 Å². The molecule has 0 unspecified atom stereocenters. The normalized spacial score (nSPS) is 11.1. The molecule has 0 aromatic carbocycles. The summed E-state index contributed by atoms with van der Waals surface area (Å²) in [4.78, 5) is 16.4. The maximum Gasteiger partial charge on any atom is 0.165 e. The fourth-order valence-corrected chi connectivity index (χ4v) is 2.53. The van der Waals surface area contributed by atoms with E-state index in [-0.39, 0.29) is 0 Å². The molecule has 0 saturated heterocycles. The summed E-state index contributed by atoms with van der Waals surface area (Å²) in [6.45, 7) is 0.482. The second-order valence-electron chi connectivity index (χ2n) is 3.87. The largest absolute Gasteiger partial charge is 0.382 e. The van der Waals surface area contributed by atoms with Crippen LogP contribution in [0.4, 0.5) is 5.82 Å². The summed E-state index contributed by atoms with van der Waals surface area (Å²) < 4.78 is 2.70. The Bertz CT molecular complexity index is 692. The molecular formula is C11H8BrClN6. The lowest BCUT2D eigenvalue weighted by atomic mass is 10.2. The zero-order valence-corrected chi connectivity index (χ0v) is 11.9. The number of aromatic nitrogens is 5. The fraction of sp³-hybridized carbons (Fsp3) is 0.0909. The van der Waals surface area contributed by atoms with Crippen LogP contribution >= 0.6 is 27.5 Å². The molecule has 0 bridgehead atoms. The van der Waals surface area contributed by atoms with Gasteiger partial charge in [-0.15, -0.1) is 0 Å². The zero-order chi connectivity index (χ0) is 13.4. The van der Waals surface area contributed by atoms with Crippen LogP contribution in [0.3, 0.4) is 0 Å². The van der Waals surface area contributed by atoms with E-state index in [1.807, 2.05) is 10.6 Å². The summed E-state index contributed by atoms with van der Waals surface area (Å²) in [5.41, 5.74) is 7.18. The number of nitrogens with two attached hydrogens (primary N) is 1. The molecule has 96 valence electrons. The average Bonchev–Trinajstić information content (AvgIpc) is 2.87. The molecule has 2 aliphatic rings. The first-order valence-corrected chi connectivity index (χ1v) is 6.54. The molecule has 19 heavy (non-hydrogen) atoms. The van der Waals surface area contributed by atoms with Gasteiger partial charge in [0, 0.05) is 16.2 Å². The van der Waals surface area contributed by atoms with Crippen LogP contribution in [0.1, 0.15) is 5.56 Å².